The highest BCUT2D eigenvalue weighted by Crippen LogP contribution is 2.23. The third kappa shape index (κ3) is 3.50. The minimum Gasteiger partial charge on any atom is -0.352 e. The standard InChI is InChI=1S/C20H22N4O/c25-19(16-8-2-1-3-9-16)21-13-15-7-6-12-24(14-15)20-22-17-10-4-5-11-18(17)23-20/h1-5,8-11,15H,6-7,12-14H2,(H,21,25)(H,22,23). The first-order chi connectivity index (χ1) is 12.3. The quantitative estimate of drug-likeness (QED) is 0.770. The number of nitrogens with zero attached hydrogens (tertiary/aromatic N) is 2. The van der Waals surface area contributed by atoms with Crippen LogP contribution in [-0.2, 0) is 0 Å². The van der Waals surface area contributed by atoms with Gasteiger partial charge in [-0.2, -0.15) is 0 Å². The smallest absolute Gasteiger partial charge is 0.251 e. The fourth-order valence-electron chi connectivity index (χ4n) is 3.44. The number of piperidine rings is 1. The van der Waals surface area contributed by atoms with Crippen molar-refractivity contribution in [1.82, 2.24) is 15.3 Å². The van der Waals surface area contributed by atoms with Gasteiger partial charge in [0.15, 0.2) is 0 Å². The maximum Gasteiger partial charge on any atom is 0.251 e. The van der Waals surface area contributed by atoms with Crippen molar-refractivity contribution in [2.45, 2.75) is 12.8 Å². The number of benzene rings is 2. The highest BCUT2D eigenvalue weighted by Gasteiger charge is 2.22. The number of carbonyl (C=O) groups excluding carboxylic acids is 1. The lowest BCUT2D eigenvalue weighted by Crippen LogP contribution is -2.41. The maximum atomic E-state index is 12.2. The van der Waals surface area contributed by atoms with E-state index in [1.165, 1.54) is 0 Å². The Morgan fingerprint density at radius 3 is 2.80 bits per heavy atom. The van der Waals surface area contributed by atoms with Gasteiger partial charge >= 0.3 is 0 Å². The number of H-pyrrole nitrogens is 1. The summed E-state index contributed by atoms with van der Waals surface area (Å²) < 4.78 is 0. The Morgan fingerprint density at radius 2 is 1.96 bits per heavy atom. The van der Waals surface area contributed by atoms with E-state index in [9.17, 15) is 4.79 Å². The molecule has 5 heteroatoms. The van der Waals surface area contributed by atoms with Gasteiger partial charge in [-0.1, -0.05) is 30.3 Å². The fourth-order valence-corrected chi connectivity index (χ4v) is 3.44. The first kappa shape index (κ1) is 15.7. The average Bonchev–Trinajstić information content (AvgIpc) is 3.11. The van der Waals surface area contributed by atoms with Crippen molar-refractivity contribution in [3.63, 3.8) is 0 Å². The molecule has 3 aromatic rings. The number of carbonyl (C=O) groups is 1. The van der Waals surface area contributed by atoms with Crippen molar-refractivity contribution in [2.24, 2.45) is 5.92 Å². The van der Waals surface area contributed by atoms with Gasteiger partial charge in [0, 0.05) is 25.2 Å². The highest BCUT2D eigenvalue weighted by molar-refractivity contribution is 5.94. The predicted molar refractivity (Wildman–Crippen MR) is 99.8 cm³/mol. The first-order valence-electron chi connectivity index (χ1n) is 8.82. The van der Waals surface area contributed by atoms with E-state index >= 15 is 0 Å². The van der Waals surface area contributed by atoms with E-state index in [0.29, 0.717) is 18.0 Å². The summed E-state index contributed by atoms with van der Waals surface area (Å²) in [4.78, 5) is 22.6. The van der Waals surface area contributed by atoms with Gasteiger partial charge < -0.3 is 15.2 Å². The minimum absolute atomic E-state index is 0.00135. The van der Waals surface area contributed by atoms with Crippen LogP contribution in [0.4, 0.5) is 5.95 Å². The molecular weight excluding hydrogens is 312 g/mol. The number of amides is 1. The highest BCUT2D eigenvalue weighted by atomic mass is 16.1. The molecule has 2 aromatic carbocycles. The average molecular weight is 334 g/mol. The fraction of sp³-hybridized carbons (Fsp3) is 0.300. The largest absolute Gasteiger partial charge is 0.352 e. The summed E-state index contributed by atoms with van der Waals surface area (Å²) in [5, 5.41) is 3.07. The number of aromatic nitrogens is 2. The molecular formula is C20H22N4O. The van der Waals surface area contributed by atoms with Crippen LogP contribution in [0.15, 0.2) is 54.6 Å². The zero-order valence-electron chi connectivity index (χ0n) is 14.1. The molecule has 0 bridgehead atoms. The summed E-state index contributed by atoms with van der Waals surface area (Å²) in [6.45, 7) is 2.61. The van der Waals surface area contributed by atoms with Crippen LogP contribution in [0.5, 0.6) is 0 Å². The number of para-hydroxylation sites is 2. The van der Waals surface area contributed by atoms with Crippen molar-refractivity contribution in [3.05, 3.63) is 60.2 Å². The second-order valence-corrected chi connectivity index (χ2v) is 6.61. The van der Waals surface area contributed by atoms with E-state index in [4.69, 9.17) is 4.98 Å². The van der Waals surface area contributed by atoms with Crippen LogP contribution in [0.25, 0.3) is 11.0 Å². The molecule has 25 heavy (non-hydrogen) atoms. The molecule has 5 nitrogen and oxygen atoms in total. The van der Waals surface area contributed by atoms with Crippen molar-refractivity contribution in [2.75, 3.05) is 24.5 Å². The summed E-state index contributed by atoms with van der Waals surface area (Å²) in [5.74, 6) is 1.37. The Balaban J connectivity index is 1.38. The Labute approximate surface area is 147 Å². The second kappa shape index (κ2) is 6.97. The molecule has 1 saturated heterocycles. The maximum absolute atomic E-state index is 12.2. The van der Waals surface area contributed by atoms with E-state index in [1.807, 2.05) is 54.6 Å². The number of rotatable bonds is 4. The number of fused-ring (bicyclic) bond motifs is 1. The van der Waals surface area contributed by atoms with Gasteiger partial charge in [0.1, 0.15) is 0 Å². The van der Waals surface area contributed by atoms with Gasteiger partial charge in [0.05, 0.1) is 11.0 Å². The molecule has 0 saturated carbocycles. The molecule has 0 radical (unpaired) electrons. The number of anilines is 1. The summed E-state index contributed by atoms with van der Waals surface area (Å²) in [7, 11) is 0. The van der Waals surface area contributed by atoms with Crippen molar-refractivity contribution in [3.8, 4) is 0 Å². The molecule has 2 N–H and O–H groups in total. The molecule has 2 heterocycles. The van der Waals surface area contributed by atoms with Gasteiger partial charge in [-0.05, 0) is 43.0 Å². The Morgan fingerprint density at radius 1 is 1.16 bits per heavy atom. The van der Waals surface area contributed by atoms with Gasteiger partial charge in [-0.15, -0.1) is 0 Å². The van der Waals surface area contributed by atoms with Crippen LogP contribution < -0.4 is 10.2 Å². The molecule has 1 aliphatic rings. The molecule has 4 rings (SSSR count). The lowest BCUT2D eigenvalue weighted by atomic mass is 9.98. The molecule has 128 valence electrons. The Kier molecular flexibility index (Phi) is 4.37. The molecule has 1 aromatic heterocycles. The topological polar surface area (TPSA) is 61.0 Å². The number of aromatic amines is 1. The van der Waals surface area contributed by atoms with E-state index < -0.39 is 0 Å². The molecule has 1 atom stereocenters. The van der Waals surface area contributed by atoms with Crippen molar-refractivity contribution < 1.29 is 4.79 Å². The summed E-state index contributed by atoms with van der Waals surface area (Å²) in [6.07, 6.45) is 2.24. The van der Waals surface area contributed by atoms with Crippen LogP contribution >= 0.6 is 0 Å². The predicted octanol–water partition coefficient (Wildman–Crippen LogP) is 3.21. The van der Waals surface area contributed by atoms with Crippen LogP contribution in [0, 0.1) is 5.92 Å². The van der Waals surface area contributed by atoms with E-state index in [-0.39, 0.29) is 5.91 Å². The summed E-state index contributed by atoms with van der Waals surface area (Å²) in [6, 6.07) is 17.5. The minimum atomic E-state index is 0.00135. The SMILES string of the molecule is O=C(NCC1CCCN(c2nc3ccccc3[nH]2)C1)c1ccccc1. The summed E-state index contributed by atoms with van der Waals surface area (Å²) in [5.41, 5.74) is 2.78. The summed E-state index contributed by atoms with van der Waals surface area (Å²) >= 11 is 0. The van der Waals surface area contributed by atoms with E-state index in [2.05, 4.69) is 15.2 Å². The molecule has 1 aliphatic heterocycles. The van der Waals surface area contributed by atoms with Crippen LogP contribution in [0.2, 0.25) is 0 Å². The third-order valence-corrected chi connectivity index (χ3v) is 4.78. The van der Waals surface area contributed by atoms with E-state index in [1.54, 1.807) is 0 Å². The van der Waals surface area contributed by atoms with Crippen molar-refractivity contribution in [1.29, 1.82) is 0 Å². The number of hydrogen-bond acceptors (Lipinski definition) is 3. The zero-order chi connectivity index (χ0) is 17.1. The molecule has 0 aliphatic carbocycles. The normalized spacial score (nSPS) is 17.6. The first-order valence-corrected chi connectivity index (χ1v) is 8.82. The number of imidazole rings is 1. The van der Waals surface area contributed by atoms with Gasteiger partial charge in [-0.25, -0.2) is 4.98 Å². The zero-order valence-corrected chi connectivity index (χ0v) is 14.1. The number of nitrogens with one attached hydrogen (secondary N) is 2. The molecule has 1 unspecified atom stereocenters. The molecule has 1 fully saturated rings. The lowest BCUT2D eigenvalue weighted by Gasteiger charge is -2.32. The Bertz CT molecular complexity index is 825. The van der Waals surface area contributed by atoms with Crippen LogP contribution in [-0.4, -0.2) is 35.5 Å². The van der Waals surface area contributed by atoms with Crippen LogP contribution in [0.3, 0.4) is 0 Å². The number of hydrogen-bond donors (Lipinski definition) is 2. The van der Waals surface area contributed by atoms with E-state index in [0.717, 1.165) is 42.9 Å². The Hall–Kier alpha value is -2.82. The monoisotopic (exact) mass is 334 g/mol. The van der Waals surface area contributed by atoms with Crippen LogP contribution in [0.1, 0.15) is 23.2 Å². The second-order valence-electron chi connectivity index (χ2n) is 6.61. The van der Waals surface area contributed by atoms with Crippen molar-refractivity contribution >= 4 is 22.9 Å². The van der Waals surface area contributed by atoms with Gasteiger partial charge in [0.2, 0.25) is 5.95 Å². The lowest BCUT2D eigenvalue weighted by molar-refractivity contribution is 0.0945. The van der Waals surface area contributed by atoms with Gasteiger partial charge in [0.25, 0.3) is 5.91 Å². The molecule has 1 amide bonds. The van der Waals surface area contributed by atoms with Gasteiger partial charge in [-0.3, -0.25) is 4.79 Å². The third-order valence-electron chi connectivity index (χ3n) is 4.78. The molecule has 0 spiro atoms.